The Bertz CT molecular complexity index is 379. The van der Waals surface area contributed by atoms with Gasteiger partial charge in [-0.2, -0.15) is 0 Å². The van der Waals surface area contributed by atoms with Crippen LogP contribution >= 0.6 is 0 Å². The van der Waals surface area contributed by atoms with E-state index in [1.807, 2.05) is 24.3 Å². The van der Waals surface area contributed by atoms with Crippen molar-refractivity contribution in [2.24, 2.45) is 11.1 Å². The van der Waals surface area contributed by atoms with Gasteiger partial charge >= 0.3 is 0 Å². The summed E-state index contributed by atoms with van der Waals surface area (Å²) in [5.41, 5.74) is 7.86. The molecule has 1 aliphatic rings. The SMILES string of the molecule is CC(=O)c1ccc(NCC2(CN)CC2)cc1. The molecule has 0 radical (unpaired) electrons. The van der Waals surface area contributed by atoms with Crippen LogP contribution in [0.3, 0.4) is 0 Å². The third kappa shape index (κ3) is 2.42. The Labute approximate surface area is 96.0 Å². The maximum atomic E-state index is 11.1. The molecule has 0 saturated heterocycles. The van der Waals surface area contributed by atoms with Crippen LogP contribution in [0.4, 0.5) is 5.69 Å². The molecule has 0 spiro atoms. The maximum Gasteiger partial charge on any atom is 0.159 e. The maximum absolute atomic E-state index is 11.1. The molecule has 1 fully saturated rings. The molecule has 0 aliphatic heterocycles. The molecule has 0 bridgehead atoms. The molecule has 16 heavy (non-hydrogen) atoms. The van der Waals surface area contributed by atoms with Crippen molar-refractivity contribution < 1.29 is 4.79 Å². The predicted molar refractivity (Wildman–Crippen MR) is 65.7 cm³/mol. The minimum atomic E-state index is 0.104. The van der Waals surface area contributed by atoms with E-state index >= 15 is 0 Å². The van der Waals surface area contributed by atoms with E-state index in [-0.39, 0.29) is 5.78 Å². The number of hydrogen-bond acceptors (Lipinski definition) is 3. The van der Waals surface area contributed by atoms with E-state index in [1.54, 1.807) is 6.92 Å². The number of rotatable bonds is 5. The molecule has 0 aromatic heterocycles. The Morgan fingerprint density at radius 3 is 2.44 bits per heavy atom. The predicted octanol–water partition coefficient (Wildman–Crippen LogP) is 2.04. The fourth-order valence-electron chi connectivity index (χ4n) is 1.74. The Hall–Kier alpha value is -1.35. The highest BCUT2D eigenvalue weighted by atomic mass is 16.1. The van der Waals surface area contributed by atoms with Crippen molar-refractivity contribution >= 4 is 11.5 Å². The average Bonchev–Trinajstić information content (AvgIpc) is 3.08. The first-order chi connectivity index (χ1) is 7.65. The van der Waals surface area contributed by atoms with Gasteiger partial charge in [0, 0.05) is 17.8 Å². The van der Waals surface area contributed by atoms with Crippen molar-refractivity contribution in [3.8, 4) is 0 Å². The van der Waals surface area contributed by atoms with Crippen LogP contribution in [0.15, 0.2) is 24.3 Å². The standard InChI is InChI=1S/C13H18N2O/c1-10(16)11-2-4-12(5-3-11)15-9-13(8-14)6-7-13/h2-5,15H,6-9,14H2,1H3. The molecular weight excluding hydrogens is 200 g/mol. The molecule has 3 heteroatoms. The van der Waals surface area contributed by atoms with E-state index in [0.717, 1.165) is 24.3 Å². The summed E-state index contributed by atoms with van der Waals surface area (Å²) < 4.78 is 0. The molecule has 1 saturated carbocycles. The molecule has 0 atom stereocenters. The van der Waals surface area contributed by atoms with Crippen LogP contribution < -0.4 is 11.1 Å². The van der Waals surface area contributed by atoms with Crippen LogP contribution in [0.5, 0.6) is 0 Å². The molecule has 0 heterocycles. The molecule has 3 N–H and O–H groups in total. The highest BCUT2D eigenvalue weighted by Gasteiger charge is 2.40. The van der Waals surface area contributed by atoms with Crippen LogP contribution in [-0.2, 0) is 0 Å². The zero-order valence-electron chi connectivity index (χ0n) is 9.62. The number of Topliss-reactive ketones (excluding diaryl/α,β-unsaturated/α-hetero) is 1. The second kappa shape index (κ2) is 4.26. The van der Waals surface area contributed by atoms with Gasteiger partial charge in [-0.1, -0.05) is 0 Å². The lowest BCUT2D eigenvalue weighted by Gasteiger charge is -2.14. The van der Waals surface area contributed by atoms with Crippen LogP contribution in [-0.4, -0.2) is 18.9 Å². The Morgan fingerprint density at radius 1 is 1.38 bits per heavy atom. The smallest absolute Gasteiger partial charge is 0.159 e. The number of carbonyl (C=O) groups excluding carboxylic acids is 1. The van der Waals surface area contributed by atoms with E-state index in [4.69, 9.17) is 5.73 Å². The number of nitrogens with one attached hydrogen (secondary N) is 1. The number of carbonyl (C=O) groups is 1. The van der Waals surface area contributed by atoms with Gasteiger partial charge in [-0.15, -0.1) is 0 Å². The first kappa shape index (κ1) is 11.1. The molecule has 3 nitrogen and oxygen atoms in total. The van der Waals surface area contributed by atoms with Crippen molar-refractivity contribution in [2.75, 3.05) is 18.4 Å². The van der Waals surface area contributed by atoms with E-state index < -0.39 is 0 Å². The summed E-state index contributed by atoms with van der Waals surface area (Å²) in [7, 11) is 0. The minimum absolute atomic E-state index is 0.104. The summed E-state index contributed by atoms with van der Waals surface area (Å²) in [5, 5.41) is 3.37. The normalized spacial score (nSPS) is 16.9. The third-order valence-corrected chi connectivity index (χ3v) is 3.35. The molecular formula is C13H18N2O. The number of nitrogens with two attached hydrogens (primary N) is 1. The van der Waals surface area contributed by atoms with Gasteiger partial charge in [0.1, 0.15) is 0 Å². The van der Waals surface area contributed by atoms with E-state index in [2.05, 4.69) is 5.32 Å². The zero-order valence-corrected chi connectivity index (χ0v) is 9.62. The van der Waals surface area contributed by atoms with Crippen LogP contribution in [0.1, 0.15) is 30.1 Å². The first-order valence-corrected chi connectivity index (χ1v) is 5.70. The second-order valence-corrected chi connectivity index (χ2v) is 4.69. The average molecular weight is 218 g/mol. The van der Waals surface area contributed by atoms with Gasteiger partial charge in [0.2, 0.25) is 0 Å². The lowest BCUT2D eigenvalue weighted by molar-refractivity contribution is 0.101. The highest BCUT2D eigenvalue weighted by molar-refractivity contribution is 5.94. The molecule has 86 valence electrons. The Balaban J connectivity index is 1.93. The van der Waals surface area contributed by atoms with Crippen molar-refractivity contribution in [3.63, 3.8) is 0 Å². The van der Waals surface area contributed by atoms with Crippen molar-refractivity contribution in [1.29, 1.82) is 0 Å². The van der Waals surface area contributed by atoms with Gasteiger partial charge < -0.3 is 11.1 Å². The summed E-state index contributed by atoms with van der Waals surface area (Å²) in [6, 6.07) is 7.60. The summed E-state index contributed by atoms with van der Waals surface area (Å²) in [6.45, 7) is 3.27. The van der Waals surface area contributed by atoms with E-state index in [1.165, 1.54) is 12.8 Å². The van der Waals surface area contributed by atoms with Gasteiger partial charge in [-0.05, 0) is 56.0 Å². The van der Waals surface area contributed by atoms with Crippen molar-refractivity contribution in [2.45, 2.75) is 19.8 Å². The topological polar surface area (TPSA) is 55.1 Å². The van der Waals surface area contributed by atoms with Crippen molar-refractivity contribution in [3.05, 3.63) is 29.8 Å². The quantitative estimate of drug-likeness (QED) is 0.744. The van der Waals surface area contributed by atoms with Crippen LogP contribution in [0, 0.1) is 5.41 Å². The number of ketones is 1. The highest BCUT2D eigenvalue weighted by Crippen LogP contribution is 2.44. The number of benzene rings is 1. The first-order valence-electron chi connectivity index (χ1n) is 5.70. The Kier molecular flexibility index (Phi) is 2.97. The van der Waals surface area contributed by atoms with Gasteiger partial charge in [-0.25, -0.2) is 0 Å². The summed E-state index contributed by atoms with van der Waals surface area (Å²) in [5.74, 6) is 0.104. The lowest BCUT2D eigenvalue weighted by atomic mass is 10.1. The Morgan fingerprint density at radius 2 is 2.00 bits per heavy atom. The largest absolute Gasteiger partial charge is 0.384 e. The van der Waals surface area contributed by atoms with Crippen LogP contribution in [0.2, 0.25) is 0 Å². The van der Waals surface area contributed by atoms with Gasteiger partial charge in [0.25, 0.3) is 0 Å². The molecule has 0 unspecified atom stereocenters. The third-order valence-electron chi connectivity index (χ3n) is 3.35. The molecule has 2 rings (SSSR count). The summed E-state index contributed by atoms with van der Waals surface area (Å²) in [4.78, 5) is 11.1. The number of anilines is 1. The van der Waals surface area contributed by atoms with Gasteiger partial charge in [0.15, 0.2) is 5.78 Å². The second-order valence-electron chi connectivity index (χ2n) is 4.69. The zero-order chi connectivity index (χ0) is 11.6. The fraction of sp³-hybridized carbons (Fsp3) is 0.462. The van der Waals surface area contributed by atoms with Crippen LogP contribution in [0.25, 0.3) is 0 Å². The fourth-order valence-corrected chi connectivity index (χ4v) is 1.74. The molecule has 0 amide bonds. The minimum Gasteiger partial charge on any atom is -0.384 e. The summed E-state index contributed by atoms with van der Waals surface area (Å²) in [6.07, 6.45) is 2.45. The molecule has 1 aliphatic carbocycles. The van der Waals surface area contributed by atoms with Gasteiger partial charge in [-0.3, -0.25) is 4.79 Å². The number of hydrogen-bond donors (Lipinski definition) is 2. The molecule has 1 aromatic carbocycles. The van der Waals surface area contributed by atoms with Crippen molar-refractivity contribution in [1.82, 2.24) is 0 Å². The van der Waals surface area contributed by atoms with E-state index in [9.17, 15) is 4.79 Å². The van der Waals surface area contributed by atoms with Gasteiger partial charge in [0.05, 0.1) is 0 Å². The van der Waals surface area contributed by atoms with E-state index in [0.29, 0.717) is 5.41 Å². The molecule has 1 aromatic rings. The monoisotopic (exact) mass is 218 g/mol. The summed E-state index contributed by atoms with van der Waals surface area (Å²) >= 11 is 0. The lowest BCUT2D eigenvalue weighted by Crippen LogP contribution is -2.24.